The second-order valence-electron chi connectivity index (χ2n) is 6.02. The van der Waals surface area contributed by atoms with E-state index in [1.165, 1.54) is 0 Å². The molecule has 7 heteroatoms. The van der Waals surface area contributed by atoms with Crippen molar-refractivity contribution >= 4 is 29.0 Å². The molecule has 6 nitrogen and oxygen atoms in total. The molecule has 0 aliphatic carbocycles. The monoisotopic (exact) mass is 402 g/mol. The number of carbonyl (C=O) groups excluding carboxylic acids is 1. The van der Waals surface area contributed by atoms with Crippen molar-refractivity contribution in [3.8, 4) is 11.5 Å². The van der Waals surface area contributed by atoms with E-state index in [9.17, 15) is 4.79 Å². The predicted molar refractivity (Wildman–Crippen MR) is 114 cm³/mol. The summed E-state index contributed by atoms with van der Waals surface area (Å²) in [5.74, 6) is 1.20. The first-order chi connectivity index (χ1) is 13.6. The van der Waals surface area contributed by atoms with Crippen LogP contribution >= 0.6 is 12.2 Å². The lowest BCUT2D eigenvalue weighted by atomic mass is 10.2. The minimum Gasteiger partial charge on any atom is -0.494 e. The Kier molecular flexibility index (Phi) is 9.07. The molecule has 0 amide bonds. The zero-order valence-electron chi connectivity index (χ0n) is 16.0. The van der Waals surface area contributed by atoms with Crippen LogP contribution in [0.3, 0.4) is 0 Å². The Morgan fingerprint density at radius 2 is 1.68 bits per heavy atom. The molecule has 2 aromatic carbocycles. The van der Waals surface area contributed by atoms with Crippen LogP contribution in [-0.4, -0.2) is 30.9 Å². The number of anilines is 1. The van der Waals surface area contributed by atoms with E-state index in [2.05, 4.69) is 5.32 Å². The van der Waals surface area contributed by atoms with Gasteiger partial charge in [-0.15, -0.1) is 0 Å². The molecule has 0 saturated carbocycles. The molecular formula is C21H26N2O4S. The molecule has 0 spiro atoms. The van der Waals surface area contributed by atoms with Crippen molar-refractivity contribution in [1.82, 2.24) is 0 Å². The number of thiocarbonyl (C=S) groups is 1. The average Bonchev–Trinajstić information content (AvgIpc) is 2.67. The van der Waals surface area contributed by atoms with Gasteiger partial charge in [-0.05, 0) is 74.8 Å². The van der Waals surface area contributed by atoms with Gasteiger partial charge in [0.25, 0.3) is 0 Å². The highest BCUT2D eigenvalue weighted by molar-refractivity contribution is 7.80. The first-order valence-electron chi connectivity index (χ1n) is 9.28. The zero-order valence-corrected chi connectivity index (χ0v) is 16.8. The van der Waals surface area contributed by atoms with Crippen LogP contribution in [0.2, 0.25) is 0 Å². The van der Waals surface area contributed by atoms with Crippen LogP contribution in [-0.2, 0) is 4.74 Å². The number of unbranched alkanes of at least 4 members (excludes halogenated alkanes) is 2. The third-order valence-electron chi connectivity index (χ3n) is 3.79. The Hall–Kier alpha value is -2.80. The second kappa shape index (κ2) is 11.8. The van der Waals surface area contributed by atoms with E-state index >= 15 is 0 Å². The smallest absolute Gasteiger partial charge is 0.338 e. The molecule has 2 aromatic rings. The Balaban J connectivity index is 1.59. The molecular weight excluding hydrogens is 376 g/mol. The summed E-state index contributed by atoms with van der Waals surface area (Å²) in [6, 6.07) is 14.5. The van der Waals surface area contributed by atoms with Gasteiger partial charge in [0.05, 0.1) is 25.4 Å². The Labute approximate surface area is 171 Å². The zero-order chi connectivity index (χ0) is 20.2. The van der Waals surface area contributed by atoms with Gasteiger partial charge in [0.15, 0.2) is 5.11 Å². The quantitative estimate of drug-likeness (QED) is 0.332. The van der Waals surface area contributed by atoms with Crippen molar-refractivity contribution in [2.24, 2.45) is 5.73 Å². The van der Waals surface area contributed by atoms with Crippen LogP contribution in [0.15, 0.2) is 48.5 Å². The summed E-state index contributed by atoms with van der Waals surface area (Å²) in [6.45, 7) is 3.40. The summed E-state index contributed by atoms with van der Waals surface area (Å²) in [7, 11) is 0. The number of rotatable bonds is 11. The van der Waals surface area contributed by atoms with E-state index in [0.717, 1.165) is 36.4 Å². The molecule has 0 radical (unpaired) electrons. The van der Waals surface area contributed by atoms with Gasteiger partial charge in [0.1, 0.15) is 11.5 Å². The summed E-state index contributed by atoms with van der Waals surface area (Å²) in [4.78, 5) is 11.6. The molecule has 28 heavy (non-hydrogen) atoms. The van der Waals surface area contributed by atoms with Crippen molar-refractivity contribution in [2.75, 3.05) is 25.1 Å². The van der Waals surface area contributed by atoms with Crippen LogP contribution in [0.1, 0.15) is 36.5 Å². The van der Waals surface area contributed by atoms with Crippen LogP contribution < -0.4 is 20.5 Å². The maximum Gasteiger partial charge on any atom is 0.338 e. The highest BCUT2D eigenvalue weighted by Gasteiger charge is 2.05. The van der Waals surface area contributed by atoms with Gasteiger partial charge in [-0.25, -0.2) is 4.79 Å². The molecule has 150 valence electrons. The van der Waals surface area contributed by atoms with Crippen molar-refractivity contribution in [3.05, 3.63) is 54.1 Å². The number of nitrogens with one attached hydrogen (secondary N) is 1. The number of nitrogens with two attached hydrogens (primary N) is 1. The highest BCUT2D eigenvalue weighted by atomic mass is 32.1. The number of hydrogen-bond donors (Lipinski definition) is 2. The van der Waals surface area contributed by atoms with Crippen molar-refractivity contribution in [3.63, 3.8) is 0 Å². The summed E-state index contributed by atoms with van der Waals surface area (Å²) in [5.41, 5.74) is 6.80. The molecule has 0 heterocycles. The summed E-state index contributed by atoms with van der Waals surface area (Å²) < 4.78 is 16.4. The second-order valence-corrected chi connectivity index (χ2v) is 6.46. The Bertz CT molecular complexity index is 765. The number of benzene rings is 2. The standard InChI is InChI=1S/C21H26N2O4S/c1-2-25-20(24)16-9-11-18(12-10-16)26-13-4-3-5-14-27-19-8-6-7-17(15-19)23-21(22)28/h6-12,15H,2-5,13-14H2,1H3,(H3,22,23,28). The Morgan fingerprint density at radius 3 is 2.32 bits per heavy atom. The first-order valence-corrected chi connectivity index (χ1v) is 9.68. The summed E-state index contributed by atoms with van der Waals surface area (Å²) in [6.07, 6.45) is 2.84. The van der Waals surface area contributed by atoms with Gasteiger partial charge in [-0.3, -0.25) is 0 Å². The number of carbonyl (C=O) groups is 1. The lowest BCUT2D eigenvalue weighted by Gasteiger charge is -2.09. The molecule has 0 bridgehead atoms. The van der Waals surface area contributed by atoms with E-state index in [0.29, 0.717) is 25.4 Å². The lowest BCUT2D eigenvalue weighted by Crippen LogP contribution is -2.18. The maximum absolute atomic E-state index is 11.6. The van der Waals surface area contributed by atoms with Gasteiger partial charge in [0, 0.05) is 11.8 Å². The minimum atomic E-state index is -0.318. The van der Waals surface area contributed by atoms with E-state index in [4.69, 9.17) is 32.2 Å². The molecule has 0 atom stereocenters. The van der Waals surface area contributed by atoms with E-state index in [-0.39, 0.29) is 11.1 Å². The summed E-state index contributed by atoms with van der Waals surface area (Å²) in [5, 5.41) is 3.11. The van der Waals surface area contributed by atoms with E-state index in [1.54, 1.807) is 31.2 Å². The molecule has 0 aliphatic rings. The number of ether oxygens (including phenoxy) is 3. The fourth-order valence-electron chi connectivity index (χ4n) is 2.47. The number of esters is 1. The van der Waals surface area contributed by atoms with E-state index in [1.807, 2.05) is 24.3 Å². The van der Waals surface area contributed by atoms with Crippen LogP contribution in [0.4, 0.5) is 5.69 Å². The molecule has 3 N–H and O–H groups in total. The third-order valence-corrected chi connectivity index (χ3v) is 3.90. The van der Waals surface area contributed by atoms with Gasteiger partial charge >= 0.3 is 5.97 Å². The highest BCUT2D eigenvalue weighted by Crippen LogP contribution is 2.18. The third kappa shape index (κ3) is 7.84. The van der Waals surface area contributed by atoms with E-state index < -0.39 is 0 Å². The normalized spacial score (nSPS) is 10.2. The maximum atomic E-state index is 11.6. The summed E-state index contributed by atoms with van der Waals surface area (Å²) >= 11 is 4.82. The molecule has 0 aliphatic heterocycles. The minimum absolute atomic E-state index is 0.229. The molecule has 0 unspecified atom stereocenters. The molecule has 0 saturated heterocycles. The van der Waals surface area contributed by atoms with Gasteiger partial charge in [-0.1, -0.05) is 6.07 Å². The lowest BCUT2D eigenvalue weighted by molar-refractivity contribution is 0.0526. The molecule has 0 fully saturated rings. The van der Waals surface area contributed by atoms with Crippen molar-refractivity contribution in [2.45, 2.75) is 26.2 Å². The predicted octanol–water partition coefficient (Wildman–Crippen LogP) is 4.15. The van der Waals surface area contributed by atoms with Gasteiger partial charge < -0.3 is 25.3 Å². The van der Waals surface area contributed by atoms with Crippen molar-refractivity contribution < 1.29 is 19.0 Å². The fourth-order valence-corrected chi connectivity index (χ4v) is 2.59. The fraction of sp³-hybridized carbons (Fsp3) is 0.333. The van der Waals surface area contributed by atoms with Gasteiger partial charge in [0.2, 0.25) is 0 Å². The average molecular weight is 403 g/mol. The Morgan fingerprint density at radius 1 is 1.00 bits per heavy atom. The first kappa shape index (κ1) is 21.5. The SMILES string of the molecule is CCOC(=O)c1ccc(OCCCCCOc2cccc(NC(N)=S)c2)cc1. The van der Waals surface area contributed by atoms with Crippen LogP contribution in [0.25, 0.3) is 0 Å². The molecule has 0 aromatic heterocycles. The van der Waals surface area contributed by atoms with Crippen LogP contribution in [0, 0.1) is 0 Å². The topological polar surface area (TPSA) is 82.8 Å². The largest absolute Gasteiger partial charge is 0.494 e. The number of hydrogen-bond acceptors (Lipinski definition) is 5. The van der Waals surface area contributed by atoms with Gasteiger partial charge in [-0.2, -0.15) is 0 Å². The van der Waals surface area contributed by atoms with Crippen LogP contribution in [0.5, 0.6) is 11.5 Å². The van der Waals surface area contributed by atoms with Crippen molar-refractivity contribution in [1.29, 1.82) is 0 Å². The molecule has 2 rings (SSSR count).